The minimum Gasteiger partial charge on any atom is -0.354 e. The van der Waals surface area contributed by atoms with Crippen molar-refractivity contribution in [1.29, 1.82) is 0 Å². The molecule has 0 aliphatic carbocycles. The molecule has 1 aliphatic heterocycles. The number of carbonyl (C=O) groups is 2. The largest absolute Gasteiger partial charge is 0.354 e. The average molecular weight is 522 g/mol. The van der Waals surface area contributed by atoms with E-state index in [0.717, 1.165) is 21.9 Å². The van der Waals surface area contributed by atoms with E-state index in [1.807, 2.05) is 69.3 Å². The highest BCUT2D eigenvalue weighted by Gasteiger charge is 2.35. The predicted molar refractivity (Wildman–Crippen MR) is 147 cm³/mol. The van der Waals surface area contributed by atoms with Crippen molar-refractivity contribution in [2.24, 2.45) is 5.92 Å². The predicted octanol–water partition coefficient (Wildman–Crippen LogP) is 4.63. The molecule has 3 aromatic rings. The first-order valence-corrected chi connectivity index (χ1v) is 14.2. The zero-order valence-electron chi connectivity index (χ0n) is 21.9. The summed E-state index contributed by atoms with van der Waals surface area (Å²) in [5.41, 5.74) is 2.67. The van der Waals surface area contributed by atoms with Crippen LogP contribution in [0.2, 0.25) is 0 Å². The summed E-state index contributed by atoms with van der Waals surface area (Å²) < 4.78 is 27.9. The fourth-order valence-electron chi connectivity index (χ4n) is 4.72. The van der Waals surface area contributed by atoms with Gasteiger partial charge in [-0.3, -0.25) is 13.9 Å². The molecule has 0 spiro atoms. The number of hydrogen-bond acceptors (Lipinski definition) is 4. The van der Waals surface area contributed by atoms with Crippen molar-refractivity contribution in [1.82, 2.24) is 10.2 Å². The number of rotatable bonds is 10. The van der Waals surface area contributed by atoms with Gasteiger partial charge in [-0.25, -0.2) is 8.42 Å². The van der Waals surface area contributed by atoms with Gasteiger partial charge in [0.1, 0.15) is 6.04 Å². The van der Waals surface area contributed by atoms with Crippen LogP contribution in [0.3, 0.4) is 0 Å². The lowest BCUT2D eigenvalue weighted by Crippen LogP contribution is -2.48. The van der Waals surface area contributed by atoms with Gasteiger partial charge in [0.15, 0.2) is 0 Å². The van der Waals surface area contributed by atoms with E-state index < -0.39 is 16.1 Å². The molecule has 1 heterocycles. The summed E-state index contributed by atoms with van der Waals surface area (Å²) in [5.74, 6) is -0.0738. The molecule has 0 saturated carbocycles. The standard InChI is InChI=1S/C29H35N3O4S/c1-20(2)18-30-29(34)22(4)31(19-24-11-6-5-10-21(24)3)27(33)16-9-17-32-25-14-7-12-23-13-8-15-26(28(23)25)37(32,35)36/h5-8,10-15,20,22H,9,16-19H2,1-4H3,(H,30,34)/t22-/m0/s1. The molecule has 2 amide bonds. The fourth-order valence-corrected chi connectivity index (χ4v) is 6.47. The smallest absolute Gasteiger partial charge is 0.265 e. The molecule has 0 radical (unpaired) electrons. The molecule has 3 aromatic carbocycles. The van der Waals surface area contributed by atoms with Crippen LogP contribution in [0, 0.1) is 12.8 Å². The van der Waals surface area contributed by atoms with E-state index in [4.69, 9.17) is 0 Å². The van der Waals surface area contributed by atoms with Crippen LogP contribution < -0.4 is 9.62 Å². The zero-order chi connectivity index (χ0) is 26.7. The summed E-state index contributed by atoms with van der Waals surface area (Å²) in [6.45, 7) is 8.81. The molecule has 37 heavy (non-hydrogen) atoms. The number of sulfonamides is 1. The van der Waals surface area contributed by atoms with Gasteiger partial charge in [-0.2, -0.15) is 0 Å². The molecule has 1 atom stereocenters. The molecule has 1 N–H and O–H groups in total. The van der Waals surface area contributed by atoms with E-state index in [2.05, 4.69) is 5.32 Å². The zero-order valence-corrected chi connectivity index (χ0v) is 22.7. The Balaban J connectivity index is 1.49. The first-order valence-electron chi connectivity index (χ1n) is 12.8. The Morgan fingerprint density at radius 2 is 1.68 bits per heavy atom. The van der Waals surface area contributed by atoms with Gasteiger partial charge in [-0.15, -0.1) is 0 Å². The Hall–Kier alpha value is -3.39. The van der Waals surface area contributed by atoms with Gasteiger partial charge in [0.25, 0.3) is 10.0 Å². The lowest BCUT2D eigenvalue weighted by molar-refractivity contribution is -0.140. The summed E-state index contributed by atoms with van der Waals surface area (Å²) in [4.78, 5) is 28.3. The van der Waals surface area contributed by atoms with Crippen molar-refractivity contribution >= 4 is 38.3 Å². The summed E-state index contributed by atoms with van der Waals surface area (Å²) in [5, 5.41) is 4.54. The molecule has 4 rings (SSSR count). The van der Waals surface area contributed by atoms with E-state index in [0.29, 0.717) is 36.0 Å². The number of amides is 2. The van der Waals surface area contributed by atoms with Crippen LogP contribution in [-0.4, -0.2) is 44.3 Å². The van der Waals surface area contributed by atoms with Crippen LogP contribution >= 0.6 is 0 Å². The summed E-state index contributed by atoms with van der Waals surface area (Å²) in [6, 6.07) is 18.0. The van der Waals surface area contributed by atoms with Crippen molar-refractivity contribution in [3.63, 3.8) is 0 Å². The molecule has 0 aromatic heterocycles. The first-order chi connectivity index (χ1) is 17.6. The Kier molecular flexibility index (Phi) is 7.87. The van der Waals surface area contributed by atoms with Crippen molar-refractivity contribution in [2.45, 2.75) is 58.0 Å². The van der Waals surface area contributed by atoms with Crippen LogP contribution in [0.25, 0.3) is 10.8 Å². The number of aryl methyl sites for hydroxylation is 1. The van der Waals surface area contributed by atoms with Crippen LogP contribution in [0.15, 0.2) is 65.6 Å². The third kappa shape index (κ3) is 5.49. The highest BCUT2D eigenvalue weighted by Crippen LogP contribution is 2.42. The molecule has 196 valence electrons. The lowest BCUT2D eigenvalue weighted by atomic mass is 10.1. The van der Waals surface area contributed by atoms with E-state index in [-0.39, 0.29) is 24.8 Å². The van der Waals surface area contributed by atoms with Gasteiger partial charge in [-0.1, -0.05) is 62.4 Å². The monoisotopic (exact) mass is 521 g/mol. The topological polar surface area (TPSA) is 86.8 Å². The maximum atomic E-state index is 13.5. The molecule has 1 aliphatic rings. The van der Waals surface area contributed by atoms with Gasteiger partial charge in [-0.05, 0) is 54.8 Å². The number of nitrogens with one attached hydrogen (secondary N) is 1. The second-order valence-corrected chi connectivity index (χ2v) is 11.9. The summed E-state index contributed by atoms with van der Waals surface area (Å²) in [6.07, 6.45) is 0.471. The average Bonchev–Trinajstić information content (AvgIpc) is 3.09. The maximum absolute atomic E-state index is 13.5. The highest BCUT2D eigenvalue weighted by atomic mass is 32.2. The number of nitrogens with zero attached hydrogens (tertiary/aromatic N) is 2. The number of carbonyl (C=O) groups excluding carboxylic acids is 2. The van der Waals surface area contributed by atoms with E-state index >= 15 is 0 Å². The quantitative estimate of drug-likeness (QED) is 0.422. The van der Waals surface area contributed by atoms with E-state index in [9.17, 15) is 18.0 Å². The van der Waals surface area contributed by atoms with Gasteiger partial charge in [0, 0.05) is 31.4 Å². The first kappa shape index (κ1) is 26.7. The third-order valence-electron chi connectivity index (χ3n) is 6.89. The van der Waals surface area contributed by atoms with Crippen molar-refractivity contribution in [2.75, 3.05) is 17.4 Å². The third-order valence-corrected chi connectivity index (χ3v) is 8.74. The molecular weight excluding hydrogens is 486 g/mol. The Labute approximate surface area is 219 Å². The number of benzene rings is 3. The molecule has 0 bridgehead atoms. The van der Waals surface area contributed by atoms with E-state index in [1.165, 1.54) is 4.31 Å². The minimum absolute atomic E-state index is 0.131. The molecule has 0 fully saturated rings. The highest BCUT2D eigenvalue weighted by molar-refractivity contribution is 7.93. The molecule has 0 unspecified atom stereocenters. The second-order valence-electron chi connectivity index (χ2n) is 10.1. The molecule has 8 heteroatoms. The lowest BCUT2D eigenvalue weighted by Gasteiger charge is -2.30. The molecule has 0 saturated heterocycles. The van der Waals surface area contributed by atoms with Gasteiger partial charge in [0.05, 0.1) is 10.6 Å². The van der Waals surface area contributed by atoms with Crippen LogP contribution in [0.5, 0.6) is 0 Å². The summed E-state index contributed by atoms with van der Waals surface area (Å²) >= 11 is 0. The van der Waals surface area contributed by atoms with Gasteiger partial charge in [0.2, 0.25) is 11.8 Å². The SMILES string of the molecule is Cc1ccccc1CN(C(=O)CCCN1c2cccc3cccc(c23)S1(=O)=O)[C@@H](C)C(=O)NCC(C)C. The Morgan fingerprint density at radius 1 is 0.973 bits per heavy atom. The molecular formula is C29H35N3O4S. The van der Waals surface area contributed by atoms with Crippen LogP contribution in [0.1, 0.15) is 44.7 Å². The van der Waals surface area contributed by atoms with Crippen LogP contribution in [-0.2, 0) is 26.2 Å². The van der Waals surface area contributed by atoms with Gasteiger partial charge < -0.3 is 10.2 Å². The Morgan fingerprint density at radius 3 is 2.38 bits per heavy atom. The van der Waals surface area contributed by atoms with E-state index in [1.54, 1.807) is 24.0 Å². The fraction of sp³-hybridized carbons (Fsp3) is 0.379. The van der Waals surface area contributed by atoms with Crippen molar-refractivity contribution < 1.29 is 18.0 Å². The second kappa shape index (κ2) is 10.9. The minimum atomic E-state index is -3.67. The number of anilines is 1. The number of hydrogen-bond donors (Lipinski definition) is 1. The normalized spacial score (nSPS) is 14.7. The Bertz CT molecular complexity index is 1410. The van der Waals surface area contributed by atoms with Crippen molar-refractivity contribution in [3.8, 4) is 0 Å². The summed E-state index contributed by atoms with van der Waals surface area (Å²) in [7, 11) is -3.67. The van der Waals surface area contributed by atoms with Crippen LogP contribution in [0.4, 0.5) is 5.69 Å². The van der Waals surface area contributed by atoms with Crippen molar-refractivity contribution in [3.05, 3.63) is 71.8 Å². The maximum Gasteiger partial charge on any atom is 0.265 e. The van der Waals surface area contributed by atoms with Gasteiger partial charge >= 0.3 is 0 Å². The molecule has 7 nitrogen and oxygen atoms in total.